The van der Waals surface area contributed by atoms with Crippen LogP contribution in [0.3, 0.4) is 0 Å². The minimum Gasteiger partial charge on any atom is -0.346 e. The zero-order chi connectivity index (χ0) is 15.4. The van der Waals surface area contributed by atoms with E-state index in [4.69, 9.17) is 0 Å². The van der Waals surface area contributed by atoms with Crippen molar-refractivity contribution >= 4 is 56.9 Å². The largest absolute Gasteiger partial charge is 0.346 e. The maximum atomic E-state index is 12.4. The highest BCUT2D eigenvalue weighted by Crippen LogP contribution is 2.32. The topological polar surface area (TPSA) is 59.8 Å². The molecule has 0 saturated carbocycles. The lowest BCUT2D eigenvalue weighted by molar-refractivity contribution is 0.0945. The first-order valence-electron chi connectivity index (χ1n) is 6.18. The summed E-state index contributed by atoms with van der Waals surface area (Å²) in [5, 5.41) is 8.10. The molecule has 2 heterocycles. The zero-order valence-electron chi connectivity index (χ0n) is 11.8. The van der Waals surface area contributed by atoms with Gasteiger partial charge in [-0.1, -0.05) is 0 Å². The molecule has 2 aromatic rings. The molecule has 9 heteroatoms. The van der Waals surface area contributed by atoms with E-state index in [9.17, 15) is 4.79 Å². The number of amides is 1. The average molecular weight is 407 g/mol. The molecular formula is C12H15BrN4OS3. The van der Waals surface area contributed by atoms with Crippen molar-refractivity contribution < 1.29 is 4.79 Å². The van der Waals surface area contributed by atoms with Crippen molar-refractivity contribution in [2.75, 3.05) is 12.5 Å². The van der Waals surface area contributed by atoms with Crippen LogP contribution in [-0.2, 0) is 13.1 Å². The molecule has 0 aromatic carbocycles. The molecule has 0 fully saturated rings. The predicted molar refractivity (Wildman–Crippen MR) is 92.4 cm³/mol. The van der Waals surface area contributed by atoms with E-state index in [1.807, 2.05) is 30.3 Å². The van der Waals surface area contributed by atoms with Gasteiger partial charge in [0.15, 0.2) is 0 Å². The number of carbonyl (C=O) groups is 1. The van der Waals surface area contributed by atoms with Crippen molar-refractivity contribution in [2.24, 2.45) is 0 Å². The fraction of sp³-hybridized carbons (Fsp3) is 0.417. The number of aryl methyl sites for hydroxylation is 1. The van der Waals surface area contributed by atoms with E-state index in [-0.39, 0.29) is 5.91 Å². The summed E-state index contributed by atoms with van der Waals surface area (Å²) in [7, 11) is 0. The summed E-state index contributed by atoms with van der Waals surface area (Å²) in [4.78, 5) is 12.4. The Morgan fingerprint density at radius 3 is 2.81 bits per heavy atom. The second-order valence-electron chi connectivity index (χ2n) is 4.02. The fourth-order valence-electron chi connectivity index (χ4n) is 1.70. The van der Waals surface area contributed by atoms with Crippen molar-refractivity contribution in [3.8, 4) is 0 Å². The Labute approximate surface area is 144 Å². The Morgan fingerprint density at radius 2 is 2.24 bits per heavy atom. The standard InChI is InChI=1S/C12H15BrN4OS3/c1-4-17-6-7(13)8(15-17)5-14-10(18)9-11(19-2)16-21-12(9)20-3/h6H,4-5H2,1-3H3,(H,14,18). The second kappa shape index (κ2) is 7.66. The number of aromatic nitrogens is 3. The predicted octanol–water partition coefficient (Wildman–Crippen LogP) is 3.50. The van der Waals surface area contributed by atoms with E-state index in [1.54, 1.807) is 11.8 Å². The van der Waals surface area contributed by atoms with E-state index >= 15 is 0 Å². The summed E-state index contributed by atoms with van der Waals surface area (Å²) in [6.07, 6.45) is 5.79. The van der Waals surface area contributed by atoms with E-state index in [0.29, 0.717) is 12.1 Å². The van der Waals surface area contributed by atoms with Crippen LogP contribution >= 0.6 is 51.0 Å². The molecule has 0 unspecified atom stereocenters. The summed E-state index contributed by atoms with van der Waals surface area (Å²) >= 11 is 7.86. The van der Waals surface area contributed by atoms with Crippen LogP contribution in [0.5, 0.6) is 0 Å². The molecule has 1 N–H and O–H groups in total. The van der Waals surface area contributed by atoms with Gasteiger partial charge in [-0.05, 0) is 46.9 Å². The van der Waals surface area contributed by atoms with Gasteiger partial charge in [-0.2, -0.15) is 9.47 Å². The van der Waals surface area contributed by atoms with Crippen LogP contribution in [0.4, 0.5) is 0 Å². The molecule has 0 spiro atoms. The fourth-order valence-corrected chi connectivity index (χ4v) is 4.44. The number of hydrogen-bond acceptors (Lipinski definition) is 6. The number of halogens is 1. The van der Waals surface area contributed by atoms with Crippen molar-refractivity contribution in [1.29, 1.82) is 0 Å². The van der Waals surface area contributed by atoms with Crippen LogP contribution in [0.2, 0.25) is 0 Å². The quantitative estimate of drug-likeness (QED) is 0.743. The molecule has 5 nitrogen and oxygen atoms in total. The lowest BCUT2D eigenvalue weighted by Gasteiger charge is -2.05. The highest BCUT2D eigenvalue weighted by molar-refractivity contribution is 9.10. The first kappa shape index (κ1) is 16.9. The molecule has 0 saturated heterocycles. The number of carbonyl (C=O) groups excluding carboxylic acids is 1. The molecule has 0 aliphatic heterocycles. The van der Waals surface area contributed by atoms with Crippen molar-refractivity contribution in [3.63, 3.8) is 0 Å². The highest BCUT2D eigenvalue weighted by atomic mass is 79.9. The van der Waals surface area contributed by atoms with Crippen LogP contribution in [0.15, 0.2) is 19.9 Å². The van der Waals surface area contributed by atoms with Gasteiger partial charge in [0.05, 0.1) is 26.5 Å². The summed E-state index contributed by atoms with van der Waals surface area (Å²) < 4.78 is 7.99. The molecule has 2 aromatic heterocycles. The van der Waals surface area contributed by atoms with Gasteiger partial charge in [-0.3, -0.25) is 9.48 Å². The number of thioether (sulfide) groups is 2. The van der Waals surface area contributed by atoms with Crippen molar-refractivity contribution in [2.45, 2.75) is 29.2 Å². The molecule has 1 amide bonds. The molecule has 21 heavy (non-hydrogen) atoms. The SMILES string of the molecule is CCn1cc(Br)c(CNC(=O)c2c(SC)nsc2SC)n1. The van der Waals surface area contributed by atoms with Gasteiger partial charge in [0.25, 0.3) is 5.91 Å². The van der Waals surface area contributed by atoms with Crippen LogP contribution in [0.25, 0.3) is 0 Å². The minimum atomic E-state index is -0.101. The Hall–Kier alpha value is -0.510. The second-order valence-corrected chi connectivity index (χ2v) is 7.52. The summed E-state index contributed by atoms with van der Waals surface area (Å²) in [5.74, 6) is -0.101. The van der Waals surface area contributed by atoms with E-state index in [2.05, 4.69) is 30.7 Å². The smallest absolute Gasteiger partial charge is 0.256 e. The van der Waals surface area contributed by atoms with Crippen molar-refractivity contribution in [1.82, 2.24) is 19.5 Å². The third-order valence-corrected chi connectivity index (χ3v) is 6.17. The van der Waals surface area contributed by atoms with Gasteiger partial charge in [0.2, 0.25) is 0 Å². The summed E-state index contributed by atoms with van der Waals surface area (Å²) in [5.41, 5.74) is 1.50. The average Bonchev–Trinajstić information content (AvgIpc) is 3.07. The molecule has 0 radical (unpaired) electrons. The summed E-state index contributed by atoms with van der Waals surface area (Å²) in [6.45, 7) is 3.21. The molecule has 114 valence electrons. The lowest BCUT2D eigenvalue weighted by atomic mass is 10.3. The third-order valence-electron chi connectivity index (χ3n) is 2.76. The normalized spacial score (nSPS) is 10.9. The molecule has 2 rings (SSSR count). The Balaban J connectivity index is 2.11. The first-order valence-corrected chi connectivity index (χ1v) is 10.2. The lowest BCUT2D eigenvalue weighted by Crippen LogP contribution is -2.24. The van der Waals surface area contributed by atoms with Gasteiger partial charge < -0.3 is 5.32 Å². The van der Waals surface area contributed by atoms with Crippen LogP contribution in [-0.4, -0.2) is 32.6 Å². The maximum absolute atomic E-state index is 12.4. The molecule has 0 atom stereocenters. The maximum Gasteiger partial charge on any atom is 0.256 e. The van der Waals surface area contributed by atoms with E-state index < -0.39 is 0 Å². The Kier molecular flexibility index (Phi) is 6.15. The van der Waals surface area contributed by atoms with E-state index in [1.165, 1.54) is 23.3 Å². The minimum absolute atomic E-state index is 0.101. The molecule has 0 bridgehead atoms. The van der Waals surface area contributed by atoms with Crippen LogP contribution in [0, 0.1) is 0 Å². The van der Waals surface area contributed by atoms with Gasteiger partial charge in [0, 0.05) is 12.7 Å². The number of nitrogens with zero attached hydrogens (tertiary/aromatic N) is 3. The summed E-state index contributed by atoms with van der Waals surface area (Å²) in [6, 6.07) is 0. The van der Waals surface area contributed by atoms with Gasteiger partial charge in [0.1, 0.15) is 5.03 Å². The van der Waals surface area contributed by atoms with Crippen LogP contribution < -0.4 is 5.32 Å². The molecule has 0 aliphatic carbocycles. The van der Waals surface area contributed by atoms with Gasteiger partial charge in [-0.25, -0.2) is 0 Å². The first-order chi connectivity index (χ1) is 10.1. The zero-order valence-corrected chi connectivity index (χ0v) is 15.9. The number of hydrogen-bond donors (Lipinski definition) is 1. The molecule has 0 aliphatic rings. The monoisotopic (exact) mass is 406 g/mol. The van der Waals surface area contributed by atoms with E-state index in [0.717, 1.165) is 25.9 Å². The third kappa shape index (κ3) is 3.82. The van der Waals surface area contributed by atoms with Gasteiger partial charge >= 0.3 is 0 Å². The van der Waals surface area contributed by atoms with Crippen molar-refractivity contribution in [3.05, 3.63) is 21.9 Å². The highest BCUT2D eigenvalue weighted by Gasteiger charge is 2.20. The molecular weight excluding hydrogens is 392 g/mol. The Morgan fingerprint density at radius 1 is 1.48 bits per heavy atom. The Bertz CT molecular complexity index is 619. The number of rotatable bonds is 6. The van der Waals surface area contributed by atoms with Gasteiger partial charge in [-0.15, -0.1) is 23.5 Å². The van der Waals surface area contributed by atoms with Crippen LogP contribution in [0.1, 0.15) is 23.0 Å². The number of nitrogens with one attached hydrogen (secondary N) is 1.